The smallest absolute Gasteiger partial charge is 0.153 e. The number of nitrogens with two attached hydrogens (primary N) is 1. The molecule has 6 heteroatoms. The van der Waals surface area contributed by atoms with Crippen LogP contribution in [-0.2, 0) is 6.54 Å². The zero-order valence-electron chi connectivity index (χ0n) is 12.9. The first-order valence-corrected chi connectivity index (χ1v) is 7.63. The van der Waals surface area contributed by atoms with Crippen molar-refractivity contribution in [2.45, 2.75) is 6.54 Å². The van der Waals surface area contributed by atoms with E-state index in [0.29, 0.717) is 12.4 Å². The molecule has 6 nitrogen and oxygen atoms in total. The zero-order valence-corrected chi connectivity index (χ0v) is 12.9. The molecule has 0 saturated carbocycles. The Labute approximate surface area is 138 Å². The number of nitrogens with zero attached hydrogens (tertiary/aromatic N) is 3. The van der Waals surface area contributed by atoms with Gasteiger partial charge < -0.3 is 11.1 Å². The van der Waals surface area contributed by atoms with E-state index >= 15 is 0 Å². The molecule has 118 valence electrons. The van der Waals surface area contributed by atoms with E-state index in [9.17, 15) is 0 Å². The van der Waals surface area contributed by atoms with Crippen LogP contribution in [0.1, 0.15) is 5.82 Å². The van der Waals surface area contributed by atoms with Crippen LogP contribution >= 0.6 is 0 Å². The first-order chi connectivity index (χ1) is 11.8. The van der Waals surface area contributed by atoms with E-state index in [1.165, 1.54) is 0 Å². The van der Waals surface area contributed by atoms with Gasteiger partial charge in [0.15, 0.2) is 5.82 Å². The highest BCUT2D eigenvalue weighted by atomic mass is 15.1. The molecular formula is C18H16N6. The molecule has 4 N–H and O–H groups in total. The second-order valence-corrected chi connectivity index (χ2v) is 5.48. The minimum atomic E-state index is 0.509. The monoisotopic (exact) mass is 316 g/mol. The summed E-state index contributed by atoms with van der Waals surface area (Å²) in [5.74, 6) is 1.25. The Hall–Kier alpha value is -3.41. The van der Waals surface area contributed by atoms with Crippen LogP contribution in [0.3, 0.4) is 0 Å². The fraction of sp³-hybridized carbons (Fsp3) is 0.0556. The van der Waals surface area contributed by atoms with Crippen molar-refractivity contribution >= 4 is 22.4 Å². The number of anilines is 2. The molecule has 0 fully saturated rings. The molecule has 0 aliphatic rings. The van der Waals surface area contributed by atoms with Crippen molar-refractivity contribution in [1.82, 2.24) is 20.2 Å². The van der Waals surface area contributed by atoms with Crippen molar-refractivity contribution in [1.29, 1.82) is 0 Å². The summed E-state index contributed by atoms with van der Waals surface area (Å²) in [6.45, 7) is 0.584. The average Bonchev–Trinajstić information content (AvgIpc) is 3.02. The van der Waals surface area contributed by atoms with E-state index in [0.717, 1.165) is 33.5 Å². The zero-order chi connectivity index (χ0) is 16.4. The van der Waals surface area contributed by atoms with Crippen molar-refractivity contribution < 1.29 is 0 Å². The standard InChI is InChI=1S/C18H16N6/c19-18-15-7-6-12(8-16(15)23-24-18)13-9-21-17(22-10-13)11-20-14-4-2-1-3-5-14/h1-10,20H,11H2,(H3,19,23,24). The van der Waals surface area contributed by atoms with Crippen LogP contribution in [0.4, 0.5) is 11.5 Å². The lowest BCUT2D eigenvalue weighted by molar-refractivity contribution is 0.950. The third kappa shape index (κ3) is 2.77. The van der Waals surface area contributed by atoms with E-state index in [-0.39, 0.29) is 0 Å². The number of para-hydroxylation sites is 1. The quantitative estimate of drug-likeness (QED) is 0.537. The number of aromatic nitrogens is 4. The van der Waals surface area contributed by atoms with Crippen LogP contribution in [-0.4, -0.2) is 20.2 Å². The fourth-order valence-electron chi connectivity index (χ4n) is 2.55. The van der Waals surface area contributed by atoms with Gasteiger partial charge in [-0.15, -0.1) is 0 Å². The maximum absolute atomic E-state index is 5.79. The summed E-state index contributed by atoms with van der Waals surface area (Å²) >= 11 is 0. The summed E-state index contributed by atoms with van der Waals surface area (Å²) in [6, 6.07) is 15.9. The van der Waals surface area contributed by atoms with Gasteiger partial charge in [-0.3, -0.25) is 5.10 Å². The van der Waals surface area contributed by atoms with Gasteiger partial charge in [0, 0.05) is 29.0 Å². The molecular weight excluding hydrogens is 300 g/mol. The van der Waals surface area contributed by atoms with E-state index < -0.39 is 0 Å². The Kier molecular flexibility index (Phi) is 3.55. The van der Waals surface area contributed by atoms with Crippen molar-refractivity contribution in [2.24, 2.45) is 0 Å². The number of nitrogen functional groups attached to an aromatic ring is 1. The molecule has 0 radical (unpaired) electrons. The van der Waals surface area contributed by atoms with Gasteiger partial charge in [-0.05, 0) is 29.8 Å². The Morgan fingerprint density at radius 1 is 0.958 bits per heavy atom. The Bertz CT molecular complexity index is 960. The number of hydrogen-bond donors (Lipinski definition) is 3. The largest absolute Gasteiger partial charge is 0.382 e. The van der Waals surface area contributed by atoms with E-state index in [2.05, 4.69) is 25.5 Å². The molecule has 0 amide bonds. The summed E-state index contributed by atoms with van der Waals surface area (Å²) in [7, 11) is 0. The van der Waals surface area contributed by atoms with Gasteiger partial charge >= 0.3 is 0 Å². The molecule has 4 rings (SSSR count). The lowest BCUT2D eigenvalue weighted by Gasteiger charge is -2.06. The summed E-state index contributed by atoms with van der Waals surface area (Å²) in [4.78, 5) is 8.86. The molecule has 24 heavy (non-hydrogen) atoms. The van der Waals surface area contributed by atoms with E-state index in [1.54, 1.807) is 0 Å². The van der Waals surface area contributed by atoms with Crippen LogP contribution in [0.15, 0.2) is 60.9 Å². The first kappa shape index (κ1) is 14.2. The van der Waals surface area contributed by atoms with Crippen molar-refractivity contribution in [3.05, 3.63) is 66.7 Å². The topological polar surface area (TPSA) is 92.5 Å². The fourth-order valence-corrected chi connectivity index (χ4v) is 2.55. The Morgan fingerprint density at radius 3 is 2.54 bits per heavy atom. The highest BCUT2D eigenvalue weighted by Gasteiger charge is 2.06. The summed E-state index contributed by atoms with van der Waals surface area (Å²) in [6.07, 6.45) is 3.66. The van der Waals surface area contributed by atoms with Gasteiger partial charge in [0.25, 0.3) is 0 Å². The molecule has 0 unspecified atom stereocenters. The number of nitrogens with one attached hydrogen (secondary N) is 2. The van der Waals surface area contributed by atoms with Crippen molar-refractivity contribution in [3.8, 4) is 11.1 Å². The molecule has 0 aliphatic heterocycles. The van der Waals surface area contributed by atoms with Crippen molar-refractivity contribution in [3.63, 3.8) is 0 Å². The maximum Gasteiger partial charge on any atom is 0.153 e. The summed E-state index contributed by atoms with van der Waals surface area (Å²) in [5.41, 5.74) is 9.72. The lowest BCUT2D eigenvalue weighted by atomic mass is 10.1. The highest BCUT2D eigenvalue weighted by molar-refractivity contribution is 5.91. The van der Waals surface area contributed by atoms with E-state index in [4.69, 9.17) is 5.73 Å². The van der Waals surface area contributed by atoms with Gasteiger partial charge in [0.05, 0.1) is 12.1 Å². The first-order valence-electron chi connectivity index (χ1n) is 7.63. The summed E-state index contributed by atoms with van der Waals surface area (Å²) < 4.78 is 0. The minimum absolute atomic E-state index is 0.509. The summed E-state index contributed by atoms with van der Waals surface area (Å²) in [5, 5.41) is 11.1. The van der Waals surface area contributed by atoms with Gasteiger partial charge in [-0.2, -0.15) is 5.10 Å². The molecule has 4 aromatic rings. The Morgan fingerprint density at radius 2 is 1.75 bits per heavy atom. The normalized spacial score (nSPS) is 10.8. The number of hydrogen-bond acceptors (Lipinski definition) is 5. The third-order valence-corrected chi connectivity index (χ3v) is 3.86. The Balaban J connectivity index is 1.52. The third-order valence-electron chi connectivity index (χ3n) is 3.86. The number of H-pyrrole nitrogens is 1. The maximum atomic E-state index is 5.79. The van der Waals surface area contributed by atoms with Crippen molar-refractivity contribution in [2.75, 3.05) is 11.1 Å². The van der Waals surface area contributed by atoms with E-state index in [1.807, 2.05) is 60.9 Å². The van der Waals surface area contributed by atoms with Crippen LogP contribution in [0, 0.1) is 0 Å². The number of fused-ring (bicyclic) bond motifs is 1. The van der Waals surface area contributed by atoms with Crippen LogP contribution in [0.25, 0.3) is 22.0 Å². The molecule has 2 aromatic carbocycles. The lowest BCUT2D eigenvalue weighted by Crippen LogP contribution is -2.03. The second-order valence-electron chi connectivity index (χ2n) is 5.48. The molecule has 0 aliphatic carbocycles. The predicted molar refractivity (Wildman–Crippen MR) is 95.3 cm³/mol. The molecule has 0 atom stereocenters. The SMILES string of the molecule is Nc1n[nH]c2cc(-c3cnc(CNc4ccccc4)nc3)ccc12. The second kappa shape index (κ2) is 6.00. The number of benzene rings is 2. The molecule has 0 bridgehead atoms. The minimum Gasteiger partial charge on any atom is -0.382 e. The number of rotatable bonds is 4. The molecule has 2 heterocycles. The highest BCUT2D eigenvalue weighted by Crippen LogP contribution is 2.25. The molecule has 0 spiro atoms. The van der Waals surface area contributed by atoms with Gasteiger partial charge in [0.2, 0.25) is 0 Å². The van der Waals surface area contributed by atoms with Gasteiger partial charge in [-0.1, -0.05) is 24.3 Å². The van der Waals surface area contributed by atoms with Gasteiger partial charge in [-0.25, -0.2) is 9.97 Å². The average molecular weight is 316 g/mol. The van der Waals surface area contributed by atoms with Crippen LogP contribution < -0.4 is 11.1 Å². The molecule has 2 aromatic heterocycles. The predicted octanol–water partition coefficient (Wildman–Crippen LogP) is 3.21. The van der Waals surface area contributed by atoms with Crippen LogP contribution in [0.2, 0.25) is 0 Å². The molecule has 0 saturated heterocycles. The van der Waals surface area contributed by atoms with Gasteiger partial charge in [0.1, 0.15) is 5.82 Å². The number of aromatic amines is 1. The van der Waals surface area contributed by atoms with Crippen LogP contribution in [0.5, 0.6) is 0 Å².